The lowest BCUT2D eigenvalue weighted by molar-refractivity contribution is 0.0501. The summed E-state index contributed by atoms with van der Waals surface area (Å²) in [7, 11) is 0. The van der Waals surface area contributed by atoms with Crippen molar-refractivity contribution in [3.8, 4) is 5.75 Å². The van der Waals surface area contributed by atoms with Gasteiger partial charge in [-0.25, -0.2) is 4.79 Å². The van der Waals surface area contributed by atoms with Crippen LogP contribution in [0.5, 0.6) is 5.75 Å². The van der Waals surface area contributed by atoms with Gasteiger partial charge in [-0.1, -0.05) is 31.0 Å². The van der Waals surface area contributed by atoms with Gasteiger partial charge in [-0.2, -0.15) is 0 Å². The Bertz CT molecular complexity index is 537. The predicted molar refractivity (Wildman–Crippen MR) is 88.4 cm³/mol. The molecule has 2 saturated carbocycles. The third kappa shape index (κ3) is 4.38. The Balaban J connectivity index is 1.46. The monoisotopic (exact) mass is 318 g/mol. The highest BCUT2D eigenvalue weighted by molar-refractivity contribution is 5.74. The van der Waals surface area contributed by atoms with Crippen LogP contribution in [0.25, 0.3) is 0 Å². The molecular weight excluding hydrogens is 292 g/mol. The Kier molecular flexibility index (Phi) is 5.06. The summed E-state index contributed by atoms with van der Waals surface area (Å²) in [4.78, 5) is 11.9. The Labute approximate surface area is 137 Å². The van der Waals surface area contributed by atoms with Crippen LogP contribution in [-0.4, -0.2) is 29.4 Å². The Morgan fingerprint density at radius 1 is 1.17 bits per heavy atom. The molecule has 126 valence electrons. The fourth-order valence-electron chi connectivity index (χ4n) is 3.13. The number of hydrogen-bond acceptors (Lipinski definition) is 3. The van der Waals surface area contributed by atoms with E-state index in [1.54, 1.807) is 0 Å². The molecule has 3 rings (SSSR count). The van der Waals surface area contributed by atoms with Gasteiger partial charge in [0.15, 0.2) is 0 Å². The van der Waals surface area contributed by atoms with Gasteiger partial charge in [-0.3, -0.25) is 0 Å². The van der Waals surface area contributed by atoms with Crippen LogP contribution in [0, 0.1) is 0 Å². The van der Waals surface area contributed by atoms with Gasteiger partial charge in [0.1, 0.15) is 5.75 Å². The maximum Gasteiger partial charge on any atom is 0.315 e. The molecule has 0 atom stereocenters. The third-order valence-corrected chi connectivity index (χ3v) is 4.87. The number of amides is 2. The molecule has 2 amide bonds. The van der Waals surface area contributed by atoms with Crippen molar-refractivity contribution in [1.29, 1.82) is 0 Å². The second kappa shape index (κ2) is 7.21. The number of aliphatic hydroxyl groups is 1. The molecule has 2 aliphatic rings. The van der Waals surface area contributed by atoms with E-state index in [0.29, 0.717) is 19.2 Å². The molecule has 2 aliphatic carbocycles. The number of nitrogens with one attached hydrogen (secondary N) is 2. The van der Waals surface area contributed by atoms with Gasteiger partial charge in [0.05, 0.1) is 11.7 Å². The number of carbonyl (C=O) groups is 1. The molecule has 0 spiro atoms. The topological polar surface area (TPSA) is 70.6 Å². The number of hydrogen-bond donors (Lipinski definition) is 3. The van der Waals surface area contributed by atoms with E-state index in [1.807, 2.05) is 24.3 Å². The molecule has 0 heterocycles. The molecule has 0 saturated heterocycles. The summed E-state index contributed by atoms with van der Waals surface area (Å²) in [6, 6.07) is 7.58. The molecule has 5 nitrogen and oxygen atoms in total. The summed E-state index contributed by atoms with van der Waals surface area (Å²) in [6.07, 6.45) is 7.38. The second-order valence-electron chi connectivity index (χ2n) is 6.75. The van der Waals surface area contributed by atoms with Gasteiger partial charge in [0.25, 0.3) is 0 Å². The van der Waals surface area contributed by atoms with Crippen molar-refractivity contribution in [2.45, 2.75) is 63.2 Å². The quantitative estimate of drug-likeness (QED) is 0.755. The van der Waals surface area contributed by atoms with E-state index in [4.69, 9.17) is 4.74 Å². The highest BCUT2D eigenvalue weighted by Gasteiger charge is 2.31. The molecule has 23 heavy (non-hydrogen) atoms. The first-order chi connectivity index (χ1) is 11.1. The van der Waals surface area contributed by atoms with Crippen LogP contribution in [0.4, 0.5) is 4.79 Å². The van der Waals surface area contributed by atoms with Crippen LogP contribution < -0.4 is 15.4 Å². The zero-order valence-corrected chi connectivity index (χ0v) is 13.5. The molecule has 1 aromatic rings. The van der Waals surface area contributed by atoms with Gasteiger partial charge in [-0.15, -0.1) is 0 Å². The van der Waals surface area contributed by atoms with Crippen LogP contribution in [0.15, 0.2) is 24.3 Å². The zero-order valence-electron chi connectivity index (χ0n) is 13.5. The molecule has 5 heteroatoms. The summed E-state index contributed by atoms with van der Waals surface area (Å²) < 4.78 is 5.96. The highest BCUT2D eigenvalue weighted by Crippen LogP contribution is 2.29. The van der Waals surface area contributed by atoms with E-state index in [2.05, 4.69) is 10.6 Å². The first kappa shape index (κ1) is 16.1. The number of ether oxygens (including phenoxy) is 1. The van der Waals surface area contributed by atoms with Crippen molar-refractivity contribution < 1.29 is 14.6 Å². The average Bonchev–Trinajstić information content (AvgIpc) is 2.95. The normalized spacial score (nSPS) is 19.9. The summed E-state index contributed by atoms with van der Waals surface area (Å²) in [5.41, 5.74) is 0.261. The summed E-state index contributed by atoms with van der Waals surface area (Å²) >= 11 is 0. The minimum Gasteiger partial charge on any atom is -0.490 e. The number of carbonyl (C=O) groups excluding carboxylic acids is 1. The minimum absolute atomic E-state index is 0.247. The number of para-hydroxylation sites is 1. The van der Waals surface area contributed by atoms with E-state index in [-0.39, 0.29) is 6.03 Å². The third-order valence-electron chi connectivity index (χ3n) is 4.87. The van der Waals surface area contributed by atoms with Crippen LogP contribution in [0.3, 0.4) is 0 Å². The van der Waals surface area contributed by atoms with Crippen molar-refractivity contribution in [3.05, 3.63) is 29.8 Å². The Morgan fingerprint density at radius 3 is 2.61 bits per heavy atom. The molecule has 0 unspecified atom stereocenters. The Hall–Kier alpha value is -1.75. The molecule has 0 radical (unpaired) electrons. The van der Waals surface area contributed by atoms with Crippen LogP contribution in [0.1, 0.15) is 50.5 Å². The number of benzene rings is 1. The van der Waals surface area contributed by atoms with Gasteiger partial charge in [-0.05, 0) is 38.2 Å². The zero-order chi connectivity index (χ0) is 16.1. The van der Waals surface area contributed by atoms with Gasteiger partial charge < -0.3 is 20.5 Å². The number of rotatable bonds is 6. The molecule has 2 fully saturated rings. The van der Waals surface area contributed by atoms with Crippen molar-refractivity contribution in [3.63, 3.8) is 0 Å². The summed E-state index contributed by atoms with van der Waals surface area (Å²) in [6.45, 7) is 0.742. The van der Waals surface area contributed by atoms with Crippen molar-refractivity contribution in [1.82, 2.24) is 10.6 Å². The second-order valence-corrected chi connectivity index (χ2v) is 6.75. The lowest BCUT2D eigenvalue weighted by Crippen LogP contribution is -2.44. The van der Waals surface area contributed by atoms with E-state index in [1.165, 1.54) is 6.42 Å². The highest BCUT2D eigenvalue weighted by atomic mass is 16.5. The van der Waals surface area contributed by atoms with E-state index in [9.17, 15) is 9.90 Å². The maximum absolute atomic E-state index is 11.9. The fourth-order valence-corrected chi connectivity index (χ4v) is 3.13. The average molecular weight is 318 g/mol. The van der Waals surface area contributed by atoms with E-state index < -0.39 is 5.60 Å². The van der Waals surface area contributed by atoms with Gasteiger partial charge in [0.2, 0.25) is 0 Å². The van der Waals surface area contributed by atoms with E-state index in [0.717, 1.165) is 49.8 Å². The molecule has 0 bridgehead atoms. The van der Waals surface area contributed by atoms with Crippen molar-refractivity contribution >= 4 is 6.03 Å². The molecule has 1 aromatic carbocycles. The minimum atomic E-state index is -0.720. The van der Waals surface area contributed by atoms with Crippen molar-refractivity contribution in [2.24, 2.45) is 0 Å². The molecule has 3 N–H and O–H groups in total. The van der Waals surface area contributed by atoms with Crippen LogP contribution in [-0.2, 0) is 6.54 Å². The largest absolute Gasteiger partial charge is 0.490 e. The van der Waals surface area contributed by atoms with Gasteiger partial charge in [0, 0.05) is 18.7 Å². The lowest BCUT2D eigenvalue weighted by Gasteiger charge is -2.27. The van der Waals surface area contributed by atoms with Crippen LogP contribution in [0.2, 0.25) is 0 Å². The molecular formula is C18H26N2O3. The smallest absolute Gasteiger partial charge is 0.315 e. The predicted octanol–water partition coefficient (Wildman–Crippen LogP) is 2.72. The van der Waals surface area contributed by atoms with Crippen LogP contribution >= 0.6 is 0 Å². The number of urea groups is 1. The Morgan fingerprint density at radius 2 is 1.91 bits per heavy atom. The summed E-state index contributed by atoms with van der Waals surface area (Å²) in [5, 5.41) is 15.9. The van der Waals surface area contributed by atoms with E-state index >= 15 is 0 Å². The lowest BCUT2D eigenvalue weighted by atomic mass is 9.96. The first-order valence-electron chi connectivity index (χ1n) is 8.63. The molecule has 0 aromatic heterocycles. The SMILES string of the molecule is O=C(NCc1ccccc1OC1CCC1)NCC1(O)CCCC1. The van der Waals surface area contributed by atoms with Gasteiger partial charge >= 0.3 is 6.03 Å². The summed E-state index contributed by atoms with van der Waals surface area (Å²) in [5.74, 6) is 0.854. The first-order valence-corrected chi connectivity index (χ1v) is 8.63. The molecule has 0 aliphatic heterocycles. The maximum atomic E-state index is 11.9. The standard InChI is InChI=1S/C18H26N2O3/c21-17(20-13-18(22)10-3-4-11-18)19-12-14-6-1-2-9-16(14)23-15-7-5-8-15/h1-2,6,9,15,22H,3-5,7-8,10-13H2,(H2,19,20,21). The van der Waals surface area contributed by atoms with Crippen molar-refractivity contribution in [2.75, 3.05) is 6.54 Å². The fraction of sp³-hybridized carbons (Fsp3) is 0.611.